The second-order valence-corrected chi connectivity index (χ2v) is 11.6. The van der Waals surface area contributed by atoms with Crippen LogP contribution in [-0.4, -0.2) is 41.0 Å². The van der Waals surface area contributed by atoms with Crippen LogP contribution in [0.25, 0.3) is 21.9 Å². The van der Waals surface area contributed by atoms with Crippen molar-refractivity contribution in [3.63, 3.8) is 0 Å². The van der Waals surface area contributed by atoms with E-state index in [0.29, 0.717) is 12.1 Å². The van der Waals surface area contributed by atoms with Gasteiger partial charge in [0, 0.05) is 12.1 Å². The molecule has 0 aliphatic heterocycles. The van der Waals surface area contributed by atoms with E-state index in [1.807, 2.05) is 57.2 Å². The summed E-state index contributed by atoms with van der Waals surface area (Å²) in [5, 5.41) is 26.3. The molecule has 3 N–H and O–H groups in total. The highest BCUT2D eigenvalue weighted by Crippen LogP contribution is 2.33. The van der Waals surface area contributed by atoms with Crippen LogP contribution in [0.1, 0.15) is 73.7 Å². The molecule has 0 radical (unpaired) electrons. The Hall–Kier alpha value is -3.51. The maximum Gasteiger partial charge on any atom is 0.335 e. The normalized spacial score (nSPS) is 13.5. The van der Waals surface area contributed by atoms with Gasteiger partial charge < -0.3 is 20.3 Å². The Morgan fingerprint density at radius 3 is 2.30 bits per heavy atom. The predicted molar refractivity (Wildman–Crippen MR) is 163 cm³/mol. The van der Waals surface area contributed by atoms with Gasteiger partial charge in [-0.05, 0) is 77.8 Å². The van der Waals surface area contributed by atoms with E-state index in [1.54, 1.807) is 6.07 Å². The molecule has 0 bridgehead atoms. The number of carbonyl (C=O) groups is 1. The van der Waals surface area contributed by atoms with Crippen LogP contribution in [0.5, 0.6) is 0 Å². The van der Waals surface area contributed by atoms with Gasteiger partial charge in [0.25, 0.3) is 0 Å². The van der Waals surface area contributed by atoms with Gasteiger partial charge in [0.15, 0.2) is 0 Å². The van der Waals surface area contributed by atoms with E-state index < -0.39 is 12.1 Å². The topological polar surface area (TPSA) is 78.8 Å². The van der Waals surface area contributed by atoms with Gasteiger partial charge in [0.1, 0.15) is 0 Å². The molecular formula is C35H41NO4. The molecule has 0 aliphatic rings. The fourth-order valence-corrected chi connectivity index (χ4v) is 5.24. The first-order chi connectivity index (χ1) is 19.0. The van der Waals surface area contributed by atoms with Crippen molar-refractivity contribution in [2.75, 3.05) is 13.2 Å². The number of aromatic carboxylic acids is 1. The quantitative estimate of drug-likeness (QED) is 0.175. The number of nitrogens with one attached hydrogen (secondary N) is 1. The molecular weight excluding hydrogens is 498 g/mol. The van der Waals surface area contributed by atoms with Gasteiger partial charge in [-0.3, -0.25) is 0 Å². The largest absolute Gasteiger partial charge is 0.478 e. The molecule has 210 valence electrons. The minimum atomic E-state index is -0.914. The molecule has 40 heavy (non-hydrogen) atoms. The maximum absolute atomic E-state index is 11.7. The van der Waals surface area contributed by atoms with Crippen LogP contribution in [-0.2, 0) is 11.2 Å². The van der Waals surface area contributed by atoms with E-state index in [1.165, 1.54) is 16.3 Å². The zero-order valence-corrected chi connectivity index (χ0v) is 24.1. The minimum Gasteiger partial charge on any atom is -0.478 e. The third-order valence-corrected chi connectivity index (χ3v) is 7.43. The number of hydrogen-bond donors (Lipinski definition) is 3. The number of hydrogen-bond acceptors (Lipinski definition) is 4. The number of benzene rings is 4. The zero-order chi connectivity index (χ0) is 28.9. The highest BCUT2D eigenvalue weighted by Gasteiger charge is 2.21. The lowest BCUT2D eigenvalue weighted by atomic mass is 9.90. The van der Waals surface area contributed by atoms with Gasteiger partial charge in [-0.2, -0.15) is 0 Å². The van der Waals surface area contributed by atoms with E-state index >= 15 is 0 Å². The third-order valence-electron chi connectivity index (χ3n) is 7.43. The second kappa shape index (κ2) is 12.8. The average Bonchev–Trinajstić information content (AvgIpc) is 2.94. The summed E-state index contributed by atoms with van der Waals surface area (Å²) in [5.41, 5.74) is 5.15. The number of carboxylic acids is 1. The van der Waals surface area contributed by atoms with Crippen LogP contribution < -0.4 is 5.32 Å². The molecule has 4 aromatic carbocycles. The first-order valence-electron chi connectivity index (χ1n) is 14.0. The van der Waals surface area contributed by atoms with Crippen LogP contribution in [0.4, 0.5) is 0 Å². The highest BCUT2D eigenvalue weighted by molar-refractivity contribution is 5.90. The van der Waals surface area contributed by atoms with Gasteiger partial charge in [-0.1, -0.05) is 92.7 Å². The smallest absolute Gasteiger partial charge is 0.335 e. The van der Waals surface area contributed by atoms with Gasteiger partial charge in [0.2, 0.25) is 0 Å². The summed E-state index contributed by atoms with van der Waals surface area (Å²) < 4.78 is 6.14. The molecule has 0 aliphatic carbocycles. The van der Waals surface area contributed by atoms with Crippen LogP contribution in [0.2, 0.25) is 0 Å². The number of rotatable bonds is 12. The third kappa shape index (κ3) is 7.36. The summed E-state index contributed by atoms with van der Waals surface area (Å²) in [6.45, 7) is 10.9. The van der Waals surface area contributed by atoms with Crippen LogP contribution in [0, 0.1) is 0 Å². The molecule has 0 heterocycles. The van der Waals surface area contributed by atoms with Crippen molar-refractivity contribution >= 4 is 16.7 Å². The maximum atomic E-state index is 11.7. The average molecular weight is 540 g/mol. The number of ether oxygens (including phenoxy) is 1. The highest BCUT2D eigenvalue weighted by atomic mass is 16.5. The van der Waals surface area contributed by atoms with Crippen LogP contribution >= 0.6 is 0 Å². The number of carboxylic acid groups (broad SMARTS) is 1. The lowest BCUT2D eigenvalue weighted by Gasteiger charge is -2.28. The molecule has 1 unspecified atom stereocenters. The Bertz CT molecular complexity index is 1460. The Labute approximate surface area is 237 Å². The molecule has 5 nitrogen and oxygen atoms in total. The monoisotopic (exact) mass is 539 g/mol. The Morgan fingerprint density at radius 2 is 1.57 bits per heavy atom. The van der Waals surface area contributed by atoms with Crippen LogP contribution in [0.3, 0.4) is 0 Å². The van der Waals surface area contributed by atoms with E-state index in [0.717, 1.165) is 28.7 Å². The summed E-state index contributed by atoms with van der Waals surface area (Å²) in [4.78, 5) is 11.7. The summed E-state index contributed by atoms with van der Waals surface area (Å²) in [6.07, 6.45) is -0.0696. The number of β-amino-alcohol motifs (C(OH)–C–C–N with tert-alkyl or cyclic N) is 1. The lowest BCUT2D eigenvalue weighted by Crippen LogP contribution is -2.46. The Balaban J connectivity index is 1.37. The number of aliphatic hydroxyl groups excluding tert-OH is 1. The van der Waals surface area contributed by atoms with Crippen molar-refractivity contribution in [2.45, 2.75) is 64.7 Å². The zero-order valence-electron chi connectivity index (χ0n) is 24.1. The summed E-state index contributed by atoms with van der Waals surface area (Å²) >= 11 is 0. The standard InChI is InChI=1S/C35H41NO4/c1-23(2)33-19-28(16-17-32(33)34(38)39)31-13-9-8-12-30(31)24(3)40-22-29(37)21-36-35(4,5)20-25-14-15-26-10-6-7-11-27(26)18-25/h6-19,23-24,29,36-37H,20-22H2,1-5H3,(H,38,39)/t24?,29-/m1/s1. The molecule has 0 saturated carbocycles. The molecule has 0 aromatic heterocycles. The molecule has 0 fully saturated rings. The first-order valence-corrected chi connectivity index (χ1v) is 14.0. The molecule has 5 heteroatoms. The van der Waals surface area contributed by atoms with Crippen molar-refractivity contribution < 1.29 is 19.7 Å². The molecule has 4 rings (SSSR count). The minimum absolute atomic E-state index is 0.0834. The van der Waals surface area contributed by atoms with Crippen molar-refractivity contribution in [1.29, 1.82) is 0 Å². The van der Waals surface area contributed by atoms with Gasteiger partial charge in [-0.25, -0.2) is 4.79 Å². The molecule has 0 spiro atoms. The van der Waals surface area contributed by atoms with Crippen molar-refractivity contribution in [3.8, 4) is 11.1 Å². The predicted octanol–water partition coefficient (Wildman–Crippen LogP) is 7.38. The molecule has 0 amide bonds. The summed E-state index contributed by atoms with van der Waals surface area (Å²) in [6, 6.07) is 28.4. The summed E-state index contributed by atoms with van der Waals surface area (Å²) in [5.74, 6) is -0.830. The SMILES string of the molecule is CC(C)c1cc(-c2ccccc2C(C)OC[C@H](O)CNC(C)(C)Cc2ccc3ccccc3c2)ccc1C(=O)O. The number of fused-ring (bicyclic) bond motifs is 1. The van der Waals surface area contributed by atoms with Gasteiger partial charge in [0.05, 0.1) is 24.4 Å². The van der Waals surface area contributed by atoms with Gasteiger partial charge >= 0.3 is 5.97 Å². The molecule has 0 saturated heterocycles. The Kier molecular flexibility index (Phi) is 9.41. The second-order valence-electron chi connectivity index (χ2n) is 11.6. The van der Waals surface area contributed by atoms with Crippen molar-refractivity contribution in [2.24, 2.45) is 0 Å². The molecule has 4 aromatic rings. The first kappa shape index (κ1) is 29.5. The fraction of sp³-hybridized carbons (Fsp3) is 0.343. The van der Waals surface area contributed by atoms with E-state index in [-0.39, 0.29) is 24.2 Å². The van der Waals surface area contributed by atoms with E-state index in [4.69, 9.17) is 4.74 Å². The van der Waals surface area contributed by atoms with Crippen molar-refractivity contribution in [1.82, 2.24) is 5.32 Å². The van der Waals surface area contributed by atoms with Crippen LogP contribution in [0.15, 0.2) is 84.9 Å². The summed E-state index contributed by atoms with van der Waals surface area (Å²) in [7, 11) is 0. The number of aliphatic hydroxyl groups is 1. The molecule has 2 atom stereocenters. The fourth-order valence-electron chi connectivity index (χ4n) is 5.24. The Morgan fingerprint density at radius 1 is 0.875 bits per heavy atom. The lowest BCUT2D eigenvalue weighted by molar-refractivity contribution is -0.00397. The van der Waals surface area contributed by atoms with E-state index in [2.05, 4.69) is 61.6 Å². The van der Waals surface area contributed by atoms with Crippen molar-refractivity contribution in [3.05, 3.63) is 107 Å². The van der Waals surface area contributed by atoms with E-state index in [9.17, 15) is 15.0 Å². The van der Waals surface area contributed by atoms with Gasteiger partial charge in [-0.15, -0.1) is 0 Å².